The Morgan fingerprint density at radius 1 is 0.293 bits per heavy atom. The van der Waals surface area contributed by atoms with E-state index in [2.05, 4.69) is 228 Å². The lowest BCUT2D eigenvalue weighted by Crippen LogP contribution is -2.09. The van der Waals surface area contributed by atoms with E-state index < -0.39 is 0 Å². The lowest BCUT2D eigenvalue weighted by atomic mass is 9.97. The largest absolute Gasteiger partial charge is 0.310 e. The van der Waals surface area contributed by atoms with E-state index in [0.29, 0.717) is 0 Å². The maximum Gasteiger partial charge on any atom is 0.0553 e. The third kappa shape index (κ3) is 6.16. The Balaban J connectivity index is 0.00000201. The minimum atomic E-state index is 1.11. The molecule has 0 saturated heterocycles. The quantitative estimate of drug-likeness (QED) is 0.148. The molecule has 0 aliphatic heterocycles. The molecule has 0 radical (unpaired) electrons. The molecule has 0 N–H and O–H groups in total. The van der Waals surface area contributed by atoms with Gasteiger partial charge in [0.25, 0.3) is 0 Å². The summed E-state index contributed by atoms with van der Waals surface area (Å²) in [5, 5.41) is 7.64. The lowest BCUT2D eigenvalue weighted by Gasteiger charge is -2.26. The van der Waals surface area contributed by atoms with Crippen molar-refractivity contribution in [3.8, 4) is 39.1 Å². The molecule has 0 atom stereocenters. The van der Waals surface area contributed by atoms with Crippen LogP contribution in [-0.4, -0.2) is 4.57 Å². The first-order valence-electron chi connectivity index (χ1n) is 20.3. The maximum absolute atomic E-state index is 2.44. The molecular formula is C56H42N2. The van der Waals surface area contributed by atoms with Crippen molar-refractivity contribution in [2.75, 3.05) is 4.90 Å². The van der Waals surface area contributed by atoms with Crippen LogP contribution in [0.1, 0.15) is 13.8 Å². The maximum atomic E-state index is 2.44. The number of nitrogens with zero attached hydrogens (tertiary/aromatic N) is 2. The first-order valence-corrected chi connectivity index (χ1v) is 20.3. The Labute approximate surface area is 339 Å². The molecule has 0 amide bonds. The highest BCUT2D eigenvalue weighted by atomic mass is 15.1. The Morgan fingerprint density at radius 2 is 0.759 bits per heavy atom. The molecule has 0 aliphatic rings. The van der Waals surface area contributed by atoms with Crippen molar-refractivity contribution in [2.24, 2.45) is 0 Å². The van der Waals surface area contributed by atoms with E-state index >= 15 is 0 Å². The van der Waals surface area contributed by atoms with Crippen LogP contribution in [0, 0.1) is 0 Å². The molecule has 2 heteroatoms. The van der Waals surface area contributed by atoms with Crippen LogP contribution >= 0.6 is 0 Å². The standard InChI is InChI=1S/C54H36N2.C2H6/c1-3-10-37(11-4-1)40-20-27-47(28-21-40)55(50-33-26-39-14-7-8-15-44(39)35-50)48-29-22-41(23-30-48)42-24-31-49(32-25-42)56-51-17-9-16-43-18-19-45-34-46(38-12-5-2-6-13-38)36-52(56)54(45)53(43)51;1-2/h1-36H;1-2H3. The average Bonchev–Trinajstić information content (AvgIpc) is 3.65. The summed E-state index contributed by atoms with van der Waals surface area (Å²) in [6, 6.07) is 79.4. The van der Waals surface area contributed by atoms with Gasteiger partial charge in [0.1, 0.15) is 0 Å². The van der Waals surface area contributed by atoms with Gasteiger partial charge in [-0.05, 0) is 122 Å². The summed E-state index contributed by atoms with van der Waals surface area (Å²) < 4.78 is 2.44. The number of benzene rings is 10. The summed E-state index contributed by atoms with van der Waals surface area (Å²) in [4.78, 5) is 2.35. The van der Waals surface area contributed by atoms with Gasteiger partial charge in [0.15, 0.2) is 0 Å². The molecular weight excluding hydrogens is 701 g/mol. The third-order valence-electron chi connectivity index (χ3n) is 11.3. The summed E-state index contributed by atoms with van der Waals surface area (Å²) in [7, 11) is 0. The molecule has 0 fully saturated rings. The fourth-order valence-electron chi connectivity index (χ4n) is 8.57. The van der Waals surface area contributed by atoms with Crippen molar-refractivity contribution in [1.29, 1.82) is 0 Å². The highest BCUT2D eigenvalue weighted by Crippen LogP contribution is 2.42. The number of hydrogen-bond donors (Lipinski definition) is 0. The number of anilines is 3. The zero-order valence-electron chi connectivity index (χ0n) is 32.7. The van der Waals surface area contributed by atoms with Gasteiger partial charge in [-0.15, -0.1) is 0 Å². The van der Waals surface area contributed by atoms with Gasteiger partial charge >= 0.3 is 0 Å². The highest BCUT2D eigenvalue weighted by molar-refractivity contribution is 6.25. The molecule has 10 aromatic carbocycles. The topological polar surface area (TPSA) is 8.17 Å². The molecule has 0 saturated carbocycles. The molecule has 0 aliphatic carbocycles. The first-order chi connectivity index (χ1) is 28.7. The summed E-state index contributed by atoms with van der Waals surface area (Å²) in [5.74, 6) is 0. The van der Waals surface area contributed by atoms with Crippen molar-refractivity contribution in [3.63, 3.8) is 0 Å². The lowest BCUT2D eigenvalue weighted by molar-refractivity contribution is 1.18. The fraction of sp³-hybridized carbons (Fsp3) is 0.0357. The minimum absolute atomic E-state index is 1.11. The third-order valence-corrected chi connectivity index (χ3v) is 11.3. The summed E-state index contributed by atoms with van der Waals surface area (Å²) in [5.41, 5.74) is 14.2. The second kappa shape index (κ2) is 14.9. The number of fused-ring (bicyclic) bond motifs is 1. The van der Waals surface area contributed by atoms with Gasteiger partial charge in [-0.1, -0.05) is 166 Å². The predicted octanol–water partition coefficient (Wildman–Crippen LogP) is 16.0. The molecule has 1 heterocycles. The summed E-state index contributed by atoms with van der Waals surface area (Å²) >= 11 is 0. The van der Waals surface area contributed by atoms with Crippen LogP contribution < -0.4 is 4.90 Å². The van der Waals surface area contributed by atoms with E-state index in [9.17, 15) is 0 Å². The van der Waals surface area contributed by atoms with Crippen LogP contribution in [0.2, 0.25) is 0 Å². The van der Waals surface area contributed by atoms with Crippen molar-refractivity contribution in [3.05, 3.63) is 218 Å². The second-order valence-electron chi connectivity index (χ2n) is 14.6. The van der Waals surface area contributed by atoms with E-state index in [1.807, 2.05) is 13.8 Å². The monoisotopic (exact) mass is 742 g/mol. The van der Waals surface area contributed by atoms with Gasteiger partial charge in [-0.3, -0.25) is 0 Å². The van der Waals surface area contributed by atoms with Crippen LogP contribution in [0.4, 0.5) is 17.1 Å². The van der Waals surface area contributed by atoms with Crippen LogP contribution in [0.5, 0.6) is 0 Å². The zero-order chi connectivity index (χ0) is 39.0. The van der Waals surface area contributed by atoms with Crippen LogP contribution in [0.25, 0.3) is 82.4 Å². The van der Waals surface area contributed by atoms with Gasteiger partial charge in [0.05, 0.1) is 11.0 Å². The highest BCUT2D eigenvalue weighted by Gasteiger charge is 2.19. The smallest absolute Gasteiger partial charge is 0.0553 e. The van der Waals surface area contributed by atoms with Crippen molar-refractivity contribution in [1.82, 2.24) is 4.57 Å². The fourth-order valence-corrected chi connectivity index (χ4v) is 8.57. The molecule has 0 spiro atoms. The Bertz CT molecular complexity index is 3140. The van der Waals surface area contributed by atoms with Gasteiger partial charge in [0.2, 0.25) is 0 Å². The molecule has 276 valence electrons. The van der Waals surface area contributed by atoms with Crippen molar-refractivity contribution < 1.29 is 0 Å². The van der Waals surface area contributed by atoms with E-state index in [1.54, 1.807) is 0 Å². The van der Waals surface area contributed by atoms with Crippen molar-refractivity contribution >= 4 is 60.4 Å². The number of hydrogen-bond acceptors (Lipinski definition) is 1. The molecule has 0 unspecified atom stereocenters. The molecule has 2 nitrogen and oxygen atoms in total. The average molecular weight is 743 g/mol. The van der Waals surface area contributed by atoms with E-state index in [4.69, 9.17) is 0 Å². The Hall–Kier alpha value is -7.42. The van der Waals surface area contributed by atoms with Crippen LogP contribution in [-0.2, 0) is 0 Å². The van der Waals surface area contributed by atoms with Gasteiger partial charge in [0, 0.05) is 33.5 Å². The Kier molecular flexibility index (Phi) is 9.01. The Morgan fingerprint density at radius 3 is 1.40 bits per heavy atom. The molecule has 0 bridgehead atoms. The SMILES string of the molecule is CC.c1ccc(-c2ccc(N(c3ccc(-c4ccc(-n5c6cccc7ccc8cc(-c9ccccc9)cc5c8c76)cc4)cc3)c3ccc4ccccc4c3)cc2)cc1. The second-order valence-corrected chi connectivity index (χ2v) is 14.6. The van der Waals surface area contributed by atoms with E-state index in [-0.39, 0.29) is 0 Å². The van der Waals surface area contributed by atoms with Gasteiger partial charge < -0.3 is 9.47 Å². The zero-order valence-corrected chi connectivity index (χ0v) is 32.7. The summed E-state index contributed by atoms with van der Waals surface area (Å²) in [6.07, 6.45) is 0. The van der Waals surface area contributed by atoms with E-state index in [1.165, 1.54) is 76.7 Å². The van der Waals surface area contributed by atoms with Crippen molar-refractivity contribution in [2.45, 2.75) is 13.8 Å². The molecule has 11 rings (SSSR count). The number of aromatic nitrogens is 1. The summed E-state index contributed by atoms with van der Waals surface area (Å²) in [6.45, 7) is 4.00. The van der Waals surface area contributed by atoms with E-state index in [0.717, 1.165) is 22.7 Å². The first kappa shape index (κ1) is 35.0. The molecule has 58 heavy (non-hydrogen) atoms. The predicted molar refractivity (Wildman–Crippen MR) is 249 cm³/mol. The molecule has 11 aromatic rings. The number of rotatable bonds is 7. The van der Waals surface area contributed by atoms with Crippen LogP contribution in [0.3, 0.4) is 0 Å². The normalized spacial score (nSPS) is 11.3. The van der Waals surface area contributed by atoms with Crippen LogP contribution in [0.15, 0.2) is 218 Å². The molecule has 1 aromatic heterocycles. The van der Waals surface area contributed by atoms with Gasteiger partial charge in [-0.25, -0.2) is 0 Å². The van der Waals surface area contributed by atoms with Gasteiger partial charge in [-0.2, -0.15) is 0 Å². The minimum Gasteiger partial charge on any atom is -0.310 e.